The van der Waals surface area contributed by atoms with E-state index in [9.17, 15) is 20.1 Å². The summed E-state index contributed by atoms with van der Waals surface area (Å²) in [6, 6.07) is 1.66. The monoisotopic (exact) mass is 495 g/mol. The van der Waals surface area contributed by atoms with Crippen LogP contribution in [-0.2, 0) is 4.74 Å². The van der Waals surface area contributed by atoms with Crippen LogP contribution in [0.15, 0.2) is 17.1 Å². The van der Waals surface area contributed by atoms with E-state index in [1.165, 1.54) is 96.1 Å². The smallest absolute Gasteiger partial charge is 0.351 e. The van der Waals surface area contributed by atoms with Gasteiger partial charge in [0.05, 0.1) is 6.61 Å². The molecule has 1 fully saturated rings. The third-order valence-corrected chi connectivity index (χ3v) is 6.96. The van der Waals surface area contributed by atoms with E-state index < -0.39 is 36.8 Å². The average molecular weight is 496 g/mol. The lowest BCUT2D eigenvalue weighted by Crippen LogP contribution is -2.36. The van der Waals surface area contributed by atoms with Crippen molar-refractivity contribution in [1.82, 2.24) is 9.55 Å². The highest BCUT2D eigenvalue weighted by Gasteiger charge is 2.43. The standard InChI is InChI=1S/C27H49N3O5/c1-2-3-4-5-6-7-8-9-10-11-12-13-14-15-16-17-19-28-23-18-20-30(27(34)29-23)26-25(33)24(32)22(21-31)35-26/h18,20,22,24-26,31-33H,2-17,19,21H2,1H3,(H,28,29,34)/t22-,24+,25-,26+/m0/s1. The maximum Gasteiger partial charge on any atom is 0.351 e. The SMILES string of the molecule is CCCCCCCCCCCCCCCCCCNc1ccn([C@@H]2O[C@@H](CO)[C@@H](O)[C@@H]2O)c(=O)n1. The van der Waals surface area contributed by atoms with Crippen LogP contribution in [0, 0.1) is 0 Å². The van der Waals surface area contributed by atoms with Gasteiger partial charge < -0.3 is 25.4 Å². The molecule has 0 saturated carbocycles. The van der Waals surface area contributed by atoms with Gasteiger partial charge in [-0.05, 0) is 12.5 Å². The van der Waals surface area contributed by atoms with Crippen LogP contribution in [0.25, 0.3) is 0 Å². The normalized spacial score (nSPS) is 22.1. The molecule has 0 bridgehead atoms. The predicted octanol–water partition coefficient (Wildman–Crippen LogP) is 4.53. The third kappa shape index (κ3) is 11.0. The third-order valence-electron chi connectivity index (χ3n) is 6.96. The van der Waals surface area contributed by atoms with Crippen LogP contribution in [0.2, 0.25) is 0 Å². The molecule has 0 aromatic carbocycles. The molecule has 202 valence electrons. The first kappa shape index (κ1) is 29.7. The first-order valence-corrected chi connectivity index (χ1v) is 14.0. The minimum Gasteiger partial charge on any atom is -0.394 e. The highest BCUT2D eigenvalue weighted by molar-refractivity contribution is 5.31. The summed E-state index contributed by atoms with van der Waals surface area (Å²) in [4.78, 5) is 16.3. The second kappa shape index (κ2) is 17.9. The van der Waals surface area contributed by atoms with Gasteiger partial charge in [-0.1, -0.05) is 103 Å². The van der Waals surface area contributed by atoms with Crippen molar-refractivity contribution >= 4 is 5.82 Å². The minimum atomic E-state index is -1.30. The average Bonchev–Trinajstić information content (AvgIpc) is 3.14. The zero-order chi connectivity index (χ0) is 25.3. The molecule has 0 radical (unpaired) electrons. The Morgan fingerprint density at radius 3 is 1.83 bits per heavy atom. The first-order valence-electron chi connectivity index (χ1n) is 14.0. The Morgan fingerprint density at radius 1 is 0.857 bits per heavy atom. The summed E-state index contributed by atoms with van der Waals surface area (Å²) in [5, 5.41) is 32.3. The van der Waals surface area contributed by atoms with Crippen LogP contribution < -0.4 is 11.0 Å². The number of hydrogen-bond acceptors (Lipinski definition) is 7. The fraction of sp³-hybridized carbons (Fsp3) is 0.852. The Hall–Kier alpha value is -1.48. The quantitative estimate of drug-likeness (QED) is 0.196. The molecule has 1 aromatic heterocycles. The topological polar surface area (TPSA) is 117 Å². The number of aliphatic hydroxyl groups is 3. The molecule has 0 spiro atoms. The minimum absolute atomic E-state index is 0.435. The molecular formula is C27H49N3O5. The van der Waals surface area contributed by atoms with Crippen molar-refractivity contribution in [2.24, 2.45) is 0 Å². The lowest BCUT2D eigenvalue weighted by molar-refractivity contribution is -0.0549. The van der Waals surface area contributed by atoms with Crippen molar-refractivity contribution in [2.75, 3.05) is 18.5 Å². The Labute approximate surface area is 211 Å². The van der Waals surface area contributed by atoms with E-state index in [0.29, 0.717) is 5.82 Å². The Bertz CT molecular complexity index is 729. The summed E-state index contributed by atoms with van der Waals surface area (Å²) in [6.45, 7) is 2.59. The van der Waals surface area contributed by atoms with Crippen molar-refractivity contribution in [1.29, 1.82) is 0 Å². The van der Waals surface area contributed by atoms with E-state index in [-0.39, 0.29) is 0 Å². The van der Waals surface area contributed by atoms with E-state index in [1.807, 2.05) is 0 Å². The first-order chi connectivity index (χ1) is 17.1. The van der Waals surface area contributed by atoms with Crippen LogP contribution >= 0.6 is 0 Å². The van der Waals surface area contributed by atoms with Crippen LogP contribution in [0.3, 0.4) is 0 Å². The lowest BCUT2D eigenvalue weighted by atomic mass is 10.0. The van der Waals surface area contributed by atoms with Gasteiger partial charge in [-0.2, -0.15) is 4.98 Å². The summed E-state index contributed by atoms with van der Waals surface area (Å²) in [5.41, 5.74) is -0.572. The van der Waals surface area contributed by atoms with Gasteiger partial charge in [0.25, 0.3) is 0 Å². The molecule has 8 nitrogen and oxygen atoms in total. The number of hydrogen-bond donors (Lipinski definition) is 4. The van der Waals surface area contributed by atoms with Crippen molar-refractivity contribution < 1.29 is 20.1 Å². The maximum atomic E-state index is 12.3. The second-order valence-electron chi connectivity index (χ2n) is 9.96. The molecule has 1 aliphatic heterocycles. The summed E-state index contributed by atoms with van der Waals surface area (Å²) >= 11 is 0. The van der Waals surface area contributed by atoms with Crippen molar-refractivity contribution in [3.05, 3.63) is 22.7 Å². The second-order valence-corrected chi connectivity index (χ2v) is 9.96. The molecule has 1 saturated heterocycles. The van der Waals surface area contributed by atoms with Crippen LogP contribution in [-0.4, -0.2) is 56.3 Å². The van der Waals surface area contributed by atoms with Crippen molar-refractivity contribution in [2.45, 2.75) is 134 Å². The number of aromatic nitrogens is 2. The Kier molecular flexibility index (Phi) is 15.2. The maximum absolute atomic E-state index is 12.3. The molecule has 4 atom stereocenters. The number of ether oxygens (including phenoxy) is 1. The van der Waals surface area contributed by atoms with Crippen LogP contribution in [0.4, 0.5) is 5.82 Å². The number of aliphatic hydroxyl groups excluding tert-OH is 3. The molecule has 2 heterocycles. The van der Waals surface area contributed by atoms with E-state index >= 15 is 0 Å². The Morgan fingerprint density at radius 2 is 1.37 bits per heavy atom. The summed E-state index contributed by atoms with van der Waals surface area (Å²) in [7, 11) is 0. The van der Waals surface area contributed by atoms with E-state index in [4.69, 9.17) is 4.74 Å². The van der Waals surface area contributed by atoms with E-state index in [0.717, 1.165) is 24.0 Å². The molecule has 2 rings (SSSR count). The van der Waals surface area contributed by atoms with Crippen molar-refractivity contribution in [3.63, 3.8) is 0 Å². The molecule has 8 heteroatoms. The Balaban J connectivity index is 1.46. The molecular weight excluding hydrogens is 446 g/mol. The van der Waals surface area contributed by atoms with Gasteiger partial charge in [-0.15, -0.1) is 0 Å². The van der Waals surface area contributed by atoms with Gasteiger partial charge in [-0.25, -0.2) is 4.79 Å². The molecule has 0 aliphatic carbocycles. The zero-order valence-corrected chi connectivity index (χ0v) is 21.7. The predicted molar refractivity (Wildman–Crippen MR) is 140 cm³/mol. The molecule has 4 N–H and O–H groups in total. The van der Waals surface area contributed by atoms with Crippen LogP contribution in [0.1, 0.15) is 116 Å². The number of rotatable bonds is 20. The fourth-order valence-electron chi connectivity index (χ4n) is 4.70. The van der Waals surface area contributed by atoms with Gasteiger partial charge in [0, 0.05) is 12.7 Å². The molecule has 0 amide bonds. The summed E-state index contributed by atoms with van der Waals surface area (Å²) in [6.07, 6.45) is 18.3. The number of nitrogens with zero attached hydrogens (tertiary/aromatic N) is 2. The van der Waals surface area contributed by atoms with E-state index in [1.54, 1.807) is 6.07 Å². The van der Waals surface area contributed by atoms with Gasteiger partial charge in [0.1, 0.15) is 24.1 Å². The molecule has 0 unspecified atom stereocenters. The zero-order valence-electron chi connectivity index (χ0n) is 21.7. The highest BCUT2D eigenvalue weighted by atomic mass is 16.6. The van der Waals surface area contributed by atoms with E-state index in [2.05, 4.69) is 17.2 Å². The molecule has 1 aliphatic rings. The number of anilines is 1. The van der Waals surface area contributed by atoms with Crippen LogP contribution in [0.5, 0.6) is 0 Å². The highest BCUT2D eigenvalue weighted by Crippen LogP contribution is 2.28. The largest absolute Gasteiger partial charge is 0.394 e. The van der Waals surface area contributed by atoms with Crippen molar-refractivity contribution in [3.8, 4) is 0 Å². The fourth-order valence-corrected chi connectivity index (χ4v) is 4.70. The summed E-state index contributed by atoms with van der Waals surface area (Å²) in [5.74, 6) is 0.485. The van der Waals surface area contributed by atoms with Gasteiger partial charge >= 0.3 is 5.69 Å². The number of unbranched alkanes of at least 4 members (excludes halogenated alkanes) is 15. The van der Waals surface area contributed by atoms with Gasteiger partial charge in [-0.3, -0.25) is 4.57 Å². The van der Waals surface area contributed by atoms with Gasteiger partial charge in [0.2, 0.25) is 0 Å². The lowest BCUT2D eigenvalue weighted by Gasteiger charge is -2.17. The molecule has 1 aromatic rings. The molecule has 35 heavy (non-hydrogen) atoms. The number of nitrogens with one attached hydrogen (secondary N) is 1. The van der Waals surface area contributed by atoms with Gasteiger partial charge in [0.15, 0.2) is 6.23 Å². The summed E-state index contributed by atoms with van der Waals surface area (Å²) < 4.78 is 6.53.